The topological polar surface area (TPSA) is 32.3 Å². The van der Waals surface area contributed by atoms with E-state index in [9.17, 15) is 5.11 Å². The van der Waals surface area contributed by atoms with Crippen LogP contribution >= 0.6 is 15.9 Å². The molecule has 1 unspecified atom stereocenters. The molecule has 0 aliphatic rings. The second-order valence-electron chi connectivity index (χ2n) is 4.73. The lowest BCUT2D eigenvalue weighted by Gasteiger charge is -2.13. The fourth-order valence-corrected chi connectivity index (χ4v) is 2.42. The van der Waals surface area contributed by atoms with Crippen LogP contribution in [0.1, 0.15) is 24.0 Å². The molecule has 0 heterocycles. The molecular formula is C16H18BrNO. The summed E-state index contributed by atoms with van der Waals surface area (Å²) in [5.41, 5.74) is 2.51. The molecule has 0 spiro atoms. The number of hydrogen-bond donors (Lipinski definition) is 2. The maximum Gasteiger partial charge on any atom is 0.129 e. The summed E-state index contributed by atoms with van der Waals surface area (Å²) in [4.78, 5) is 0. The predicted molar refractivity (Wildman–Crippen MR) is 82.4 cm³/mol. The van der Waals surface area contributed by atoms with Gasteiger partial charge in [-0.1, -0.05) is 43.3 Å². The van der Waals surface area contributed by atoms with Crippen molar-refractivity contribution in [1.29, 1.82) is 0 Å². The maximum atomic E-state index is 9.44. The molecule has 2 rings (SSSR count). The van der Waals surface area contributed by atoms with Gasteiger partial charge in [-0.15, -0.1) is 0 Å². The van der Waals surface area contributed by atoms with E-state index in [0.29, 0.717) is 5.92 Å². The van der Waals surface area contributed by atoms with Crippen molar-refractivity contribution < 1.29 is 5.11 Å². The van der Waals surface area contributed by atoms with E-state index in [-0.39, 0.29) is 5.75 Å². The maximum absolute atomic E-state index is 9.44. The Morgan fingerprint density at radius 3 is 2.58 bits per heavy atom. The van der Waals surface area contributed by atoms with Crippen molar-refractivity contribution in [1.82, 2.24) is 5.32 Å². The van der Waals surface area contributed by atoms with Gasteiger partial charge in [0.05, 0.1) is 4.47 Å². The molecule has 0 radical (unpaired) electrons. The Morgan fingerprint density at radius 2 is 1.89 bits per heavy atom. The number of hydrogen-bond acceptors (Lipinski definition) is 2. The van der Waals surface area contributed by atoms with Gasteiger partial charge in [0.25, 0.3) is 0 Å². The van der Waals surface area contributed by atoms with Crippen LogP contribution in [0.2, 0.25) is 0 Å². The van der Waals surface area contributed by atoms with Crippen LogP contribution in [0.15, 0.2) is 53.0 Å². The molecule has 0 fully saturated rings. The summed E-state index contributed by atoms with van der Waals surface area (Å²) in [6, 6.07) is 16.1. The van der Waals surface area contributed by atoms with Crippen LogP contribution in [0.3, 0.4) is 0 Å². The number of benzene rings is 2. The number of rotatable bonds is 5. The third kappa shape index (κ3) is 4.08. The third-order valence-electron chi connectivity index (χ3n) is 3.16. The summed E-state index contributed by atoms with van der Waals surface area (Å²) >= 11 is 3.33. The zero-order valence-corrected chi connectivity index (χ0v) is 12.5. The van der Waals surface area contributed by atoms with Gasteiger partial charge >= 0.3 is 0 Å². The molecule has 2 aromatic carbocycles. The Morgan fingerprint density at radius 1 is 1.16 bits per heavy atom. The van der Waals surface area contributed by atoms with Crippen molar-refractivity contribution in [2.75, 3.05) is 6.54 Å². The fourth-order valence-electron chi connectivity index (χ4n) is 1.99. The first kappa shape index (κ1) is 14.1. The van der Waals surface area contributed by atoms with Crippen LogP contribution < -0.4 is 5.32 Å². The Balaban J connectivity index is 1.85. The molecule has 0 aromatic heterocycles. The Labute approximate surface area is 122 Å². The first-order chi connectivity index (χ1) is 9.16. The second kappa shape index (κ2) is 6.73. The average Bonchev–Trinajstić information content (AvgIpc) is 2.43. The zero-order valence-electron chi connectivity index (χ0n) is 10.9. The van der Waals surface area contributed by atoms with Gasteiger partial charge in [-0.2, -0.15) is 0 Å². The van der Waals surface area contributed by atoms with Crippen molar-refractivity contribution in [2.45, 2.75) is 19.4 Å². The molecule has 2 N–H and O–H groups in total. The highest BCUT2D eigenvalue weighted by atomic mass is 79.9. The molecule has 0 saturated carbocycles. The lowest BCUT2D eigenvalue weighted by Crippen LogP contribution is -2.19. The lowest BCUT2D eigenvalue weighted by atomic mass is 10.0. The monoisotopic (exact) mass is 319 g/mol. The van der Waals surface area contributed by atoms with Crippen molar-refractivity contribution in [2.24, 2.45) is 0 Å². The van der Waals surface area contributed by atoms with Gasteiger partial charge < -0.3 is 10.4 Å². The van der Waals surface area contributed by atoms with Crippen LogP contribution in [-0.4, -0.2) is 11.7 Å². The summed E-state index contributed by atoms with van der Waals surface area (Å²) in [6.45, 7) is 3.95. The second-order valence-corrected chi connectivity index (χ2v) is 5.58. The van der Waals surface area contributed by atoms with Crippen LogP contribution in [0.5, 0.6) is 5.75 Å². The van der Waals surface area contributed by atoms with Gasteiger partial charge in [-0.25, -0.2) is 0 Å². The number of halogens is 1. The van der Waals surface area contributed by atoms with E-state index in [4.69, 9.17) is 0 Å². The highest BCUT2D eigenvalue weighted by molar-refractivity contribution is 9.10. The molecule has 3 heteroatoms. The summed E-state index contributed by atoms with van der Waals surface area (Å²) in [7, 11) is 0. The van der Waals surface area contributed by atoms with Gasteiger partial charge in [0, 0.05) is 13.1 Å². The number of aromatic hydroxyl groups is 1. The summed E-state index contributed by atoms with van der Waals surface area (Å²) in [5, 5.41) is 12.9. The molecular weight excluding hydrogens is 302 g/mol. The molecule has 2 aromatic rings. The fraction of sp³-hybridized carbons (Fsp3) is 0.250. The van der Waals surface area contributed by atoms with Gasteiger partial charge in [0.2, 0.25) is 0 Å². The predicted octanol–water partition coefficient (Wildman–Crippen LogP) is 4.05. The molecule has 1 atom stereocenters. The molecule has 100 valence electrons. The summed E-state index contributed by atoms with van der Waals surface area (Å²) in [5.74, 6) is 0.767. The van der Waals surface area contributed by atoms with Crippen LogP contribution in [-0.2, 0) is 6.54 Å². The first-order valence-electron chi connectivity index (χ1n) is 6.40. The molecule has 0 bridgehead atoms. The molecule has 0 aliphatic heterocycles. The molecule has 0 saturated heterocycles. The molecule has 0 aliphatic carbocycles. The quantitative estimate of drug-likeness (QED) is 0.871. The zero-order chi connectivity index (χ0) is 13.7. The summed E-state index contributed by atoms with van der Waals surface area (Å²) < 4.78 is 0.739. The standard InChI is InChI=1S/C16H18BrNO/c1-12(14-5-3-2-4-6-14)10-18-11-13-7-8-16(19)15(17)9-13/h2-9,12,18-19H,10-11H2,1H3. The van der Waals surface area contributed by atoms with Gasteiger partial charge in [0.1, 0.15) is 5.75 Å². The molecule has 2 nitrogen and oxygen atoms in total. The van der Waals surface area contributed by atoms with Crippen molar-refractivity contribution in [3.63, 3.8) is 0 Å². The van der Waals surface area contributed by atoms with E-state index in [1.54, 1.807) is 6.07 Å². The van der Waals surface area contributed by atoms with E-state index in [1.165, 1.54) is 5.56 Å². The highest BCUT2D eigenvalue weighted by Crippen LogP contribution is 2.24. The Hall–Kier alpha value is -1.32. The van der Waals surface area contributed by atoms with Crippen LogP contribution in [0, 0.1) is 0 Å². The van der Waals surface area contributed by atoms with Crippen LogP contribution in [0.25, 0.3) is 0 Å². The van der Waals surface area contributed by atoms with Crippen molar-refractivity contribution in [3.05, 3.63) is 64.1 Å². The Kier molecular flexibility index (Phi) is 5.00. The average molecular weight is 320 g/mol. The van der Waals surface area contributed by atoms with Gasteiger partial charge in [0.15, 0.2) is 0 Å². The number of phenols is 1. The Bertz CT molecular complexity index is 528. The van der Waals surface area contributed by atoms with E-state index in [1.807, 2.05) is 18.2 Å². The largest absolute Gasteiger partial charge is 0.507 e. The minimum absolute atomic E-state index is 0.279. The lowest BCUT2D eigenvalue weighted by molar-refractivity contribution is 0.471. The third-order valence-corrected chi connectivity index (χ3v) is 3.80. The van der Waals surface area contributed by atoms with Crippen LogP contribution in [0.4, 0.5) is 0 Å². The van der Waals surface area contributed by atoms with Gasteiger partial charge in [-0.05, 0) is 45.1 Å². The molecule has 19 heavy (non-hydrogen) atoms. The number of nitrogens with one attached hydrogen (secondary N) is 1. The van der Waals surface area contributed by atoms with E-state index in [0.717, 1.165) is 23.1 Å². The van der Waals surface area contributed by atoms with Crippen molar-refractivity contribution in [3.8, 4) is 5.75 Å². The SMILES string of the molecule is CC(CNCc1ccc(O)c(Br)c1)c1ccccc1. The minimum atomic E-state index is 0.279. The molecule has 0 amide bonds. The highest BCUT2D eigenvalue weighted by Gasteiger charge is 2.04. The van der Waals surface area contributed by atoms with Gasteiger partial charge in [-0.3, -0.25) is 0 Å². The first-order valence-corrected chi connectivity index (χ1v) is 7.19. The van der Waals surface area contributed by atoms with E-state index < -0.39 is 0 Å². The van der Waals surface area contributed by atoms with E-state index in [2.05, 4.69) is 52.4 Å². The normalized spacial score (nSPS) is 12.3. The van der Waals surface area contributed by atoms with E-state index >= 15 is 0 Å². The smallest absolute Gasteiger partial charge is 0.129 e. The minimum Gasteiger partial charge on any atom is -0.507 e. The number of phenolic OH excluding ortho intramolecular Hbond substituents is 1. The summed E-state index contributed by atoms with van der Waals surface area (Å²) in [6.07, 6.45) is 0. The van der Waals surface area contributed by atoms with Crippen molar-refractivity contribution >= 4 is 15.9 Å².